The number of ether oxygens (including phenoxy) is 2. The number of fused-ring (bicyclic) bond motifs is 1. The van der Waals surface area contributed by atoms with Gasteiger partial charge in [0.2, 0.25) is 5.91 Å². The summed E-state index contributed by atoms with van der Waals surface area (Å²) in [4.78, 5) is 20.4. The van der Waals surface area contributed by atoms with Gasteiger partial charge in [-0.25, -0.2) is 9.97 Å². The zero-order valence-electron chi connectivity index (χ0n) is 21.6. The van der Waals surface area contributed by atoms with Crippen LogP contribution < -0.4 is 20.5 Å². The molecule has 40 heavy (non-hydrogen) atoms. The SMILES string of the molecule is C=C(C(N)=O)c1cc2c(Nc3cc(Cl)c(Oc4cccc(C(F)(F)F)c4)cc3C(C)(C)O)ncnc2cc1OC. The van der Waals surface area contributed by atoms with Crippen LogP contribution in [-0.4, -0.2) is 28.1 Å². The lowest BCUT2D eigenvalue weighted by Gasteiger charge is -2.24. The van der Waals surface area contributed by atoms with Gasteiger partial charge in [0.05, 0.1) is 28.8 Å². The fourth-order valence-electron chi connectivity index (χ4n) is 3.95. The van der Waals surface area contributed by atoms with Crippen molar-refractivity contribution in [3.8, 4) is 17.2 Å². The van der Waals surface area contributed by atoms with Gasteiger partial charge >= 0.3 is 6.18 Å². The van der Waals surface area contributed by atoms with Crippen molar-refractivity contribution in [3.63, 3.8) is 0 Å². The van der Waals surface area contributed by atoms with Gasteiger partial charge in [-0.05, 0) is 50.2 Å². The summed E-state index contributed by atoms with van der Waals surface area (Å²) in [6.07, 6.45) is -3.24. The predicted octanol–water partition coefficient (Wildman–Crippen LogP) is 6.57. The molecule has 208 valence electrons. The van der Waals surface area contributed by atoms with Crippen LogP contribution in [0.1, 0.15) is 30.5 Å². The smallest absolute Gasteiger partial charge is 0.416 e. The number of rotatable bonds is 8. The average molecular weight is 573 g/mol. The molecule has 0 radical (unpaired) electrons. The van der Waals surface area contributed by atoms with Crippen LogP contribution in [0.15, 0.2) is 61.4 Å². The first-order valence-corrected chi connectivity index (χ1v) is 12.1. The number of primary amides is 1. The van der Waals surface area contributed by atoms with Gasteiger partial charge in [-0.1, -0.05) is 24.2 Å². The molecular formula is C28H24ClF3N4O4. The third kappa shape index (κ3) is 5.95. The van der Waals surface area contributed by atoms with Crippen LogP contribution in [0.3, 0.4) is 0 Å². The molecule has 4 N–H and O–H groups in total. The molecule has 4 aromatic rings. The number of nitrogens with one attached hydrogen (secondary N) is 1. The Morgan fingerprint density at radius 1 is 1.10 bits per heavy atom. The maximum atomic E-state index is 13.2. The van der Waals surface area contributed by atoms with Gasteiger partial charge in [0, 0.05) is 33.8 Å². The first kappa shape index (κ1) is 28.7. The van der Waals surface area contributed by atoms with Crippen LogP contribution in [-0.2, 0) is 16.6 Å². The summed E-state index contributed by atoms with van der Waals surface area (Å²) in [5.74, 6) is -0.175. The Hall–Kier alpha value is -4.35. The molecule has 12 heteroatoms. The van der Waals surface area contributed by atoms with Crippen molar-refractivity contribution < 1.29 is 32.5 Å². The number of hydrogen-bond donors (Lipinski definition) is 3. The van der Waals surface area contributed by atoms with Crippen LogP contribution in [0.2, 0.25) is 5.02 Å². The van der Waals surface area contributed by atoms with Crippen molar-refractivity contribution in [2.24, 2.45) is 5.73 Å². The molecule has 0 aliphatic carbocycles. The molecule has 0 saturated carbocycles. The van der Waals surface area contributed by atoms with Crippen LogP contribution in [0.5, 0.6) is 17.2 Å². The summed E-state index contributed by atoms with van der Waals surface area (Å²) in [7, 11) is 1.43. The molecule has 4 rings (SSSR count). The number of nitrogens with two attached hydrogens (primary N) is 1. The maximum Gasteiger partial charge on any atom is 0.416 e. The van der Waals surface area contributed by atoms with E-state index < -0.39 is 23.2 Å². The number of amides is 1. The molecule has 1 aromatic heterocycles. The van der Waals surface area contributed by atoms with E-state index in [2.05, 4.69) is 21.9 Å². The summed E-state index contributed by atoms with van der Waals surface area (Å²) in [5, 5.41) is 14.6. The second kappa shape index (κ2) is 10.7. The second-order valence-electron chi connectivity index (χ2n) is 9.27. The van der Waals surface area contributed by atoms with E-state index in [-0.39, 0.29) is 22.1 Å². The van der Waals surface area contributed by atoms with Crippen LogP contribution in [0.25, 0.3) is 16.5 Å². The molecule has 3 aromatic carbocycles. The third-order valence-corrected chi connectivity index (χ3v) is 6.25. The lowest BCUT2D eigenvalue weighted by Crippen LogP contribution is -2.18. The van der Waals surface area contributed by atoms with E-state index in [1.165, 1.54) is 51.6 Å². The summed E-state index contributed by atoms with van der Waals surface area (Å²) < 4.78 is 50.5. The molecule has 1 heterocycles. The molecule has 1 amide bonds. The number of hydrogen-bond acceptors (Lipinski definition) is 7. The first-order valence-electron chi connectivity index (χ1n) is 11.7. The number of carbonyl (C=O) groups is 1. The number of alkyl halides is 3. The van der Waals surface area contributed by atoms with Gasteiger partial charge in [0.25, 0.3) is 0 Å². The van der Waals surface area contributed by atoms with Crippen LogP contribution in [0.4, 0.5) is 24.7 Å². The molecule has 0 bridgehead atoms. The van der Waals surface area contributed by atoms with Gasteiger partial charge in [-0.2, -0.15) is 13.2 Å². The quantitative estimate of drug-likeness (QED) is 0.204. The minimum atomic E-state index is -4.55. The highest BCUT2D eigenvalue weighted by molar-refractivity contribution is 6.32. The number of aromatic nitrogens is 2. The molecule has 0 aliphatic heterocycles. The fourth-order valence-corrected chi connectivity index (χ4v) is 4.15. The molecule has 0 unspecified atom stereocenters. The molecule has 0 spiro atoms. The molecule has 0 aliphatic rings. The summed E-state index contributed by atoms with van der Waals surface area (Å²) in [6, 6.07) is 10.4. The van der Waals surface area contributed by atoms with Gasteiger partial charge in [-0.3, -0.25) is 4.79 Å². The largest absolute Gasteiger partial charge is 0.496 e. The van der Waals surface area contributed by atoms with Gasteiger partial charge in [-0.15, -0.1) is 0 Å². The van der Waals surface area contributed by atoms with E-state index >= 15 is 0 Å². The second-order valence-corrected chi connectivity index (χ2v) is 9.68. The van der Waals surface area contributed by atoms with Crippen molar-refractivity contribution in [3.05, 3.63) is 83.2 Å². The van der Waals surface area contributed by atoms with Crippen molar-refractivity contribution in [2.45, 2.75) is 25.6 Å². The van der Waals surface area contributed by atoms with Crippen LogP contribution in [0, 0.1) is 0 Å². The Morgan fingerprint density at radius 3 is 2.45 bits per heavy atom. The van der Waals surface area contributed by atoms with Crippen molar-refractivity contribution in [1.29, 1.82) is 0 Å². The minimum absolute atomic E-state index is 0.0184. The van der Waals surface area contributed by atoms with Crippen LogP contribution >= 0.6 is 11.6 Å². The topological polar surface area (TPSA) is 120 Å². The van der Waals surface area contributed by atoms with Crippen molar-refractivity contribution >= 4 is 45.5 Å². The number of anilines is 2. The molecule has 0 atom stereocenters. The molecule has 0 fully saturated rings. The molecule has 8 nitrogen and oxygen atoms in total. The third-order valence-electron chi connectivity index (χ3n) is 5.95. The standard InChI is InChI=1S/C28H24ClF3N4O4/c1-14(25(33)37)17-9-18-21(12-23(17)39-4)34-13-35-26(18)36-22-11-20(29)24(10-19(22)27(2,3)38)40-16-7-5-6-15(8-16)28(30,31)32/h5-13,38H,1H2,2-4H3,(H2,33,37)(H,34,35,36). The zero-order valence-corrected chi connectivity index (χ0v) is 22.3. The summed E-state index contributed by atoms with van der Waals surface area (Å²) in [5.41, 5.74) is 4.57. The first-order chi connectivity index (χ1) is 18.7. The maximum absolute atomic E-state index is 13.2. The van der Waals surface area contributed by atoms with E-state index in [1.54, 1.807) is 12.1 Å². The number of aliphatic hydroxyl groups is 1. The fraction of sp³-hybridized carbons (Fsp3) is 0.179. The van der Waals surface area contributed by atoms with Gasteiger partial charge < -0.3 is 25.6 Å². The Labute approximate surface area is 232 Å². The lowest BCUT2D eigenvalue weighted by atomic mass is 9.95. The van der Waals surface area contributed by atoms with E-state index in [9.17, 15) is 23.1 Å². The van der Waals surface area contributed by atoms with E-state index in [0.717, 1.165) is 12.1 Å². The summed E-state index contributed by atoms with van der Waals surface area (Å²) in [6.45, 7) is 6.77. The number of benzene rings is 3. The highest BCUT2D eigenvalue weighted by Gasteiger charge is 2.31. The average Bonchev–Trinajstić information content (AvgIpc) is 2.88. The number of nitrogens with zero attached hydrogens (tertiary/aromatic N) is 2. The number of carbonyl (C=O) groups excluding carboxylic acids is 1. The highest BCUT2D eigenvalue weighted by atomic mass is 35.5. The van der Waals surface area contributed by atoms with Crippen molar-refractivity contribution in [2.75, 3.05) is 12.4 Å². The molecule has 0 saturated heterocycles. The Morgan fingerprint density at radius 2 is 1.82 bits per heavy atom. The van der Waals surface area contributed by atoms with E-state index in [1.807, 2.05) is 0 Å². The number of methoxy groups -OCH3 is 1. The van der Waals surface area contributed by atoms with E-state index in [0.29, 0.717) is 39.3 Å². The van der Waals surface area contributed by atoms with E-state index in [4.69, 9.17) is 26.8 Å². The Bertz CT molecular complexity index is 1630. The van der Waals surface area contributed by atoms with Gasteiger partial charge in [0.15, 0.2) is 0 Å². The highest BCUT2D eigenvalue weighted by Crippen LogP contribution is 2.41. The summed E-state index contributed by atoms with van der Waals surface area (Å²) >= 11 is 6.48. The zero-order chi connectivity index (χ0) is 29.4. The predicted molar refractivity (Wildman–Crippen MR) is 146 cm³/mol. The Kier molecular flexibility index (Phi) is 7.64. The number of halogens is 4. The molecular weight excluding hydrogens is 549 g/mol. The lowest BCUT2D eigenvalue weighted by molar-refractivity contribution is -0.137. The van der Waals surface area contributed by atoms with Gasteiger partial charge in [0.1, 0.15) is 29.4 Å². The minimum Gasteiger partial charge on any atom is -0.496 e. The van der Waals surface area contributed by atoms with Crippen molar-refractivity contribution in [1.82, 2.24) is 9.97 Å². The Balaban J connectivity index is 1.79. The normalized spacial score (nSPS) is 11.8. The monoisotopic (exact) mass is 572 g/mol.